The molecule has 1 unspecified atom stereocenters. The number of rotatable bonds is 2. The maximum Gasteiger partial charge on any atom is 0.161 e. The minimum Gasteiger partial charge on any atom is -0.504 e. The van der Waals surface area contributed by atoms with Crippen molar-refractivity contribution in [1.29, 1.82) is 0 Å². The van der Waals surface area contributed by atoms with Gasteiger partial charge in [-0.15, -0.1) is 0 Å². The number of para-hydroxylation sites is 1. The lowest BCUT2D eigenvalue weighted by Crippen LogP contribution is -2.00. The van der Waals surface area contributed by atoms with E-state index in [9.17, 15) is 5.11 Å². The summed E-state index contributed by atoms with van der Waals surface area (Å²) in [6.07, 6.45) is 3.83. The van der Waals surface area contributed by atoms with Crippen LogP contribution in [-0.2, 0) is 6.42 Å². The minimum atomic E-state index is 0.177. The Hall–Kier alpha value is -2.03. The summed E-state index contributed by atoms with van der Waals surface area (Å²) >= 11 is 0. The van der Waals surface area contributed by atoms with Gasteiger partial charge in [-0.25, -0.2) is 0 Å². The molecule has 3 rings (SSSR count). The van der Waals surface area contributed by atoms with E-state index in [-0.39, 0.29) is 11.7 Å². The Labute approximate surface area is 106 Å². The maximum atomic E-state index is 10.2. The molecule has 1 N–H and O–H groups in total. The SMILES string of the molecule is COc1cccc(C2CCc3cccnc32)c1O. The van der Waals surface area contributed by atoms with Crippen LogP contribution in [0.25, 0.3) is 0 Å². The zero-order valence-corrected chi connectivity index (χ0v) is 10.3. The van der Waals surface area contributed by atoms with Gasteiger partial charge in [-0.3, -0.25) is 4.98 Å². The van der Waals surface area contributed by atoms with E-state index in [0.29, 0.717) is 5.75 Å². The fourth-order valence-corrected chi connectivity index (χ4v) is 2.70. The van der Waals surface area contributed by atoms with Crippen molar-refractivity contribution >= 4 is 0 Å². The number of methoxy groups -OCH3 is 1. The summed E-state index contributed by atoms with van der Waals surface area (Å²) < 4.78 is 5.16. The fourth-order valence-electron chi connectivity index (χ4n) is 2.70. The Morgan fingerprint density at radius 2 is 2.17 bits per heavy atom. The quantitative estimate of drug-likeness (QED) is 0.879. The van der Waals surface area contributed by atoms with Crippen molar-refractivity contribution in [2.45, 2.75) is 18.8 Å². The van der Waals surface area contributed by atoms with E-state index >= 15 is 0 Å². The van der Waals surface area contributed by atoms with Crippen LogP contribution in [-0.4, -0.2) is 17.2 Å². The number of hydrogen-bond acceptors (Lipinski definition) is 3. The van der Waals surface area contributed by atoms with Crippen LogP contribution in [0.15, 0.2) is 36.5 Å². The Morgan fingerprint density at radius 3 is 3.00 bits per heavy atom. The van der Waals surface area contributed by atoms with Crippen LogP contribution in [0.5, 0.6) is 11.5 Å². The van der Waals surface area contributed by atoms with E-state index in [1.807, 2.05) is 24.4 Å². The number of aryl methyl sites for hydroxylation is 1. The maximum absolute atomic E-state index is 10.2. The van der Waals surface area contributed by atoms with Crippen LogP contribution in [0.4, 0.5) is 0 Å². The first-order valence-electron chi connectivity index (χ1n) is 6.11. The largest absolute Gasteiger partial charge is 0.504 e. The number of hydrogen-bond donors (Lipinski definition) is 1. The van der Waals surface area contributed by atoms with Gasteiger partial charge in [0.2, 0.25) is 0 Å². The molecule has 1 heterocycles. The second kappa shape index (κ2) is 4.33. The molecule has 0 saturated carbocycles. The lowest BCUT2D eigenvalue weighted by atomic mass is 9.95. The third-order valence-corrected chi connectivity index (χ3v) is 3.58. The van der Waals surface area contributed by atoms with E-state index in [1.54, 1.807) is 13.2 Å². The summed E-state index contributed by atoms with van der Waals surface area (Å²) in [4.78, 5) is 4.46. The Balaban J connectivity index is 2.08. The third-order valence-electron chi connectivity index (χ3n) is 3.58. The first-order chi connectivity index (χ1) is 8.81. The molecule has 92 valence electrons. The highest BCUT2D eigenvalue weighted by Gasteiger charge is 2.27. The highest BCUT2D eigenvalue weighted by Crippen LogP contribution is 2.43. The van der Waals surface area contributed by atoms with Crippen molar-refractivity contribution in [3.8, 4) is 11.5 Å². The number of aromatic nitrogens is 1. The molecule has 0 aliphatic heterocycles. The van der Waals surface area contributed by atoms with Gasteiger partial charge in [-0.05, 0) is 30.5 Å². The second-order valence-corrected chi connectivity index (χ2v) is 4.54. The van der Waals surface area contributed by atoms with Crippen LogP contribution in [0.3, 0.4) is 0 Å². The van der Waals surface area contributed by atoms with E-state index < -0.39 is 0 Å². The number of benzene rings is 1. The third kappa shape index (κ3) is 1.63. The number of phenols is 1. The van der Waals surface area contributed by atoms with Crippen molar-refractivity contribution in [2.75, 3.05) is 7.11 Å². The molecule has 0 saturated heterocycles. The highest BCUT2D eigenvalue weighted by atomic mass is 16.5. The monoisotopic (exact) mass is 241 g/mol. The van der Waals surface area contributed by atoms with E-state index in [2.05, 4.69) is 11.1 Å². The lowest BCUT2D eigenvalue weighted by Gasteiger charge is -2.14. The smallest absolute Gasteiger partial charge is 0.161 e. The van der Waals surface area contributed by atoms with Crippen molar-refractivity contribution in [2.24, 2.45) is 0 Å². The van der Waals surface area contributed by atoms with E-state index in [4.69, 9.17) is 4.74 Å². The molecule has 1 aromatic heterocycles. The van der Waals surface area contributed by atoms with Crippen LogP contribution in [0.1, 0.15) is 29.2 Å². The molecule has 1 aliphatic rings. The topological polar surface area (TPSA) is 42.4 Å². The van der Waals surface area contributed by atoms with Crippen LogP contribution >= 0.6 is 0 Å². The average molecular weight is 241 g/mol. The van der Waals surface area contributed by atoms with E-state index in [0.717, 1.165) is 24.1 Å². The molecular weight excluding hydrogens is 226 g/mol. The predicted molar refractivity (Wildman–Crippen MR) is 69.1 cm³/mol. The number of ether oxygens (including phenoxy) is 1. The molecule has 0 bridgehead atoms. The molecule has 0 radical (unpaired) electrons. The highest BCUT2D eigenvalue weighted by molar-refractivity contribution is 5.51. The summed E-state index contributed by atoms with van der Waals surface area (Å²) in [6.45, 7) is 0. The normalized spacial score (nSPS) is 17.5. The van der Waals surface area contributed by atoms with Crippen LogP contribution in [0, 0.1) is 0 Å². The first-order valence-corrected chi connectivity index (χ1v) is 6.11. The molecule has 3 nitrogen and oxygen atoms in total. The van der Waals surface area contributed by atoms with Gasteiger partial charge in [0, 0.05) is 17.7 Å². The van der Waals surface area contributed by atoms with Crippen molar-refractivity contribution < 1.29 is 9.84 Å². The van der Waals surface area contributed by atoms with Crippen LogP contribution < -0.4 is 4.74 Å². The summed E-state index contributed by atoms with van der Waals surface area (Å²) in [6, 6.07) is 9.71. The Kier molecular flexibility index (Phi) is 2.67. The minimum absolute atomic E-state index is 0.177. The molecule has 1 aliphatic carbocycles. The number of phenolic OH excluding ortho intramolecular Hbond substituents is 1. The molecule has 3 heteroatoms. The Morgan fingerprint density at radius 1 is 1.28 bits per heavy atom. The zero-order valence-electron chi connectivity index (χ0n) is 10.3. The molecule has 18 heavy (non-hydrogen) atoms. The summed E-state index contributed by atoms with van der Waals surface area (Å²) in [5.41, 5.74) is 3.28. The van der Waals surface area contributed by atoms with Gasteiger partial charge in [0.05, 0.1) is 12.8 Å². The van der Waals surface area contributed by atoms with Gasteiger partial charge in [0.25, 0.3) is 0 Å². The Bertz CT molecular complexity index is 580. The van der Waals surface area contributed by atoms with Crippen LogP contribution in [0.2, 0.25) is 0 Å². The number of nitrogens with zero attached hydrogens (tertiary/aromatic N) is 1. The van der Waals surface area contributed by atoms with Crippen molar-refractivity contribution in [1.82, 2.24) is 4.98 Å². The molecule has 0 spiro atoms. The molecule has 1 aromatic carbocycles. The lowest BCUT2D eigenvalue weighted by molar-refractivity contribution is 0.369. The number of pyridine rings is 1. The molecule has 0 fully saturated rings. The van der Waals surface area contributed by atoms with Gasteiger partial charge >= 0.3 is 0 Å². The van der Waals surface area contributed by atoms with Crippen molar-refractivity contribution in [3.63, 3.8) is 0 Å². The summed E-state index contributed by atoms with van der Waals surface area (Å²) in [5, 5.41) is 10.2. The predicted octanol–water partition coefficient (Wildman–Crippen LogP) is 2.87. The van der Waals surface area contributed by atoms with E-state index in [1.165, 1.54) is 5.56 Å². The molecule has 1 atom stereocenters. The van der Waals surface area contributed by atoms with Gasteiger partial charge in [0.15, 0.2) is 11.5 Å². The van der Waals surface area contributed by atoms with Crippen molar-refractivity contribution in [3.05, 3.63) is 53.3 Å². The second-order valence-electron chi connectivity index (χ2n) is 4.54. The average Bonchev–Trinajstić information content (AvgIpc) is 2.83. The first kappa shape index (κ1) is 11.1. The van der Waals surface area contributed by atoms with Gasteiger partial charge in [-0.2, -0.15) is 0 Å². The molecule has 2 aromatic rings. The summed E-state index contributed by atoms with van der Waals surface area (Å²) in [5.74, 6) is 0.941. The molecular formula is C15H15NO2. The standard InChI is InChI=1S/C15H15NO2/c1-18-13-6-2-5-12(15(13)17)11-8-7-10-4-3-9-16-14(10)11/h2-6,9,11,17H,7-8H2,1H3. The summed E-state index contributed by atoms with van der Waals surface area (Å²) in [7, 11) is 1.57. The fraction of sp³-hybridized carbons (Fsp3) is 0.267. The number of fused-ring (bicyclic) bond motifs is 1. The zero-order chi connectivity index (χ0) is 12.5. The van der Waals surface area contributed by atoms with Gasteiger partial charge < -0.3 is 9.84 Å². The van der Waals surface area contributed by atoms with Gasteiger partial charge in [-0.1, -0.05) is 18.2 Å². The molecule has 0 amide bonds. The number of aromatic hydroxyl groups is 1. The van der Waals surface area contributed by atoms with Gasteiger partial charge in [0.1, 0.15) is 0 Å².